The number of benzene rings is 2. The van der Waals surface area contributed by atoms with Gasteiger partial charge in [0.25, 0.3) is 0 Å². The summed E-state index contributed by atoms with van der Waals surface area (Å²) in [7, 11) is 0. The van der Waals surface area contributed by atoms with Crippen molar-refractivity contribution in [3.05, 3.63) is 91.8 Å². The molecule has 2 aromatic heterocycles. The molecule has 5 heterocycles. The van der Waals surface area contributed by atoms with E-state index in [9.17, 15) is 19.2 Å². The number of hydrogen-bond donors (Lipinski definition) is 2. The zero-order valence-electron chi connectivity index (χ0n) is 35.7. The molecule has 2 amide bonds. The number of carbonyl (C=O) groups is 4. The molecule has 62 heavy (non-hydrogen) atoms. The van der Waals surface area contributed by atoms with Gasteiger partial charge >= 0.3 is 0 Å². The van der Waals surface area contributed by atoms with Crippen molar-refractivity contribution in [3.63, 3.8) is 0 Å². The van der Waals surface area contributed by atoms with Crippen molar-refractivity contribution in [2.24, 2.45) is 23.3 Å². The fraction of sp³-hybridized carbons (Fsp3) is 0.542. The van der Waals surface area contributed by atoms with Gasteiger partial charge in [0.15, 0.2) is 0 Å². The summed E-state index contributed by atoms with van der Waals surface area (Å²) in [6.07, 6.45) is 14.6. The zero-order chi connectivity index (χ0) is 42.7. The Morgan fingerprint density at radius 3 is 1.24 bits per heavy atom. The predicted molar refractivity (Wildman–Crippen MR) is 245 cm³/mol. The zero-order valence-corrected chi connectivity index (χ0v) is 37.3. The molecule has 14 heteroatoms. The van der Waals surface area contributed by atoms with E-state index < -0.39 is 12.1 Å². The number of aromatic nitrogens is 2. The van der Waals surface area contributed by atoms with Gasteiger partial charge in [0, 0.05) is 72.5 Å². The van der Waals surface area contributed by atoms with E-state index in [1.807, 2.05) is 69.1 Å². The molecular formula is C48H60N8O4S2. The summed E-state index contributed by atoms with van der Waals surface area (Å²) in [4.78, 5) is 72.2. The van der Waals surface area contributed by atoms with E-state index >= 15 is 0 Å². The highest BCUT2D eigenvalue weighted by atomic mass is 32.1. The van der Waals surface area contributed by atoms with Crippen molar-refractivity contribution < 1.29 is 19.2 Å². The number of anilines is 2. The number of likely N-dealkylation sites (tertiary alicyclic amines) is 2. The third kappa shape index (κ3) is 8.98. The van der Waals surface area contributed by atoms with Crippen LogP contribution in [0.25, 0.3) is 0 Å². The van der Waals surface area contributed by atoms with Gasteiger partial charge in [-0.25, -0.2) is 9.97 Å². The van der Waals surface area contributed by atoms with Gasteiger partial charge in [-0.1, -0.05) is 38.5 Å². The van der Waals surface area contributed by atoms with E-state index in [-0.39, 0.29) is 47.3 Å². The molecule has 5 aliphatic rings. The molecular weight excluding hydrogens is 817 g/mol. The quantitative estimate of drug-likeness (QED) is 0.136. The average molecular weight is 877 g/mol. The molecule has 2 aliphatic carbocycles. The minimum absolute atomic E-state index is 0.0308. The van der Waals surface area contributed by atoms with Gasteiger partial charge in [-0.05, 0) is 112 Å². The lowest BCUT2D eigenvalue weighted by Gasteiger charge is -2.37. The van der Waals surface area contributed by atoms with Crippen LogP contribution in [-0.4, -0.2) is 94.5 Å². The van der Waals surface area contributed by atoms with Crippen LogP contribution in [0, 0.1) is 11.8 Å². The second-order valence-corrected chi connectivity index (χ2v) is 19.9. The smallest absolute Gasteiger partial charge is 0.240 e. The van der Waals surface area contributed by atoms with E-state index in [1.165, 1.54) is 35.5 Å². The largest absolute Gasteiger partial charge is 0.368 e. The topological polar surface area (TPSA) is 159 Å². The Hall–Kier alpha value is -4.50. The van der Waals surface area contributed by atoms with Crippen LogP contribution in [0.2, 0.25) is 0 Å². The first-order valence-electron chi connectivity index (χ1n) is 23.1. The summed E-state index contributed by atoms with van der Waals surface area (Å²) in [6.45, 7) is 4.65. The molecule has 9 rings (SSSR count). The number of rotatable bonds is 12. The number of hydrogen-bond acceptors (Lipinski definition) is 12. The van der Waals surface area contributed by atoms with Gasteiger partial charge in [0.05, 0.1) is 24.2 Å². The first-order chi connectivity index (χ1) is 30.2. The number of carbonyl (C=O) groups excluding carboxylic acids is 4. The molecule has 328 valence electrons. The molecule has 0 bridgehead atoms. The Morgan fingerprint density at radius 2 is 0.871 bits per heavy atom. The molecule has 1 unspecified atom stereocenters. The van der Waals surface area contributed by atoms with Crippen molar-refractivity contribution >= 4 is 57.4 Å². The van der Waals surface area contributed by atoms with E-state index in [2.05, 4.69) is 9.80 Å². The van der Waals surface area contributed by atoms with Crippen molar-refractivity contribution in [2.45, 2.75) is 114 Å². The van der Waals surface area contributed by atoms with E-state index in [4.69, 9.17) is 21.4 Å². The van der Waals surface area contributed by atoms with E-state index in [0.717, 1.165) is 125 Å². The molecule has 0 radical (unpaired) electrons. The highest BCUT2D eigenvalue weighted by molar-refractivity contribution is 7.10. The second kappa shape index (κ2) is 19.1. The van der Waals surface area contributed by atoms with Crippen LogP contribution in [0.1, 0.15) is 144 Å². The number of ketones is 2. The summed E-state index contributed by atoms with van der Waals surface area (Å²) in [5.74, 6) is 0.345. The van der Waals surface area contributed by atoms with Crippen LogP contribution in [0.4, 0.5) is 11.4 Å². The highest BCUT2D eigenvalue weighted by Gasteiger charge is 2.39. The third-order valence-corrected chi connectivity index (χ3v) is 16.2. The minimum Gasteiger partial charge on any atom is -0.368 e. The maximum absolute atomic E-state index is 13.6. The summed E-state index contributed by atoms with van der Waals surface area (Å²) in [5, 5.41) is 5.29. The average Bonchev–Trinajstić information content (AvgIpc) is 4.19. The molecule has 12 nitrogen and oxygen atoms in total. The van der Waals surface area contributed by atoms with Crippen LogP contribution < -0.4 is 21.3 Å². The fourth-order valence-corrected chi connectivity index (χ4v) is 12.5. The first-order valence-corrected chi connectivity index (χ1v) is 24.8. The summed E-state index contributed by atoms with van der Waals surface area (Å²) in [6, 6.07) is 14.4. The highest BCUT2D eigenvalue weighted by Crippen LogP contribution is 2.38. The normalized spacial score (nSPS) is 22.5. The Labute approximate surface area is 373 Å². The monoisotopic (exact) mass is 876 g/mol. The molecule has 4 atom stereocenters. The number of piperazine rings is 1. The Morgan fingerprint density at radius 1 is 0.500 bits per heavy atom. The number of nitrogens with two attached hydrogens (primary N) is 2. The molecule has 4 N–H and O–H groups in total. The lowest BCUT2D eigenvalue weighted by atomic mass is 9.83. The Balaban J connectivity index is 0.762. The molecule has 4 aromatic rings. The van der Waals surface area contributed by atoms with Crippen LogP contribution in [0.15, 0.2) is 59.3 Å². The molecule has 2 aromatic carbocycles. The van der Waals surface area contributed by atoms with E-state index in [0.29, 0.717) is 35.6 Å². The molecule has 2 saturated carbocycles. The molecule has 5 fully saturated rings. The molecule has 0 spiro atoms. The van der Waals surface area contributed by atoms with E-state index in [1.54, 1.807) is 0 Å². The van der Waals surface area contributed by atoms with Crippen LogP contribution in [0.3, 0.4) is 0 Å². The molecule has 3 saturated heterocycles. The third-order valence-electron chi connectivity index (χ3n) is 14.3. The van der Waals surface area contributed by atoms with Gasteiger partial charge in [-0.15, -0.1) is 22.7 Å². The minimum atomic E-state index is -0.460. The predicted octanol–water partition coefficient (Wildman–Crippen LogP) is 7.53. The molecule has 3 aliphatic heterocycles. The van der Waals surface area contributed by atoms with Gasteiger partial charge in [0.2, 0.25) is 23.4 Å². The second-order valence-electron chi connectivity index (χ2n) is 18.1. The lowest BCUT2D eigenvalue weighted by Crippen LogP contribution is -2.48. The Bertz CT molecular complexity index is 2050. The van der Waals surface area contributed by atoms with Crippen molar-refractivity contribution in [1.82, 2.24) is 19.8 Å². The van der Waals surface area contributed by atoms with Crippen LogP contribution >= 0.6 is 22.7 Å². The number of nitrogens with zero attached hydrogens (tertiary/aromatic N) is 6. The van der Waals surface area contributed by atoms with Gasteiger partial charge in [0.1, 0.15) is 21.4 Å². The van der Waals surface area contributed by atoms with Gasteiger partial charge in [-0.3, -0.25) is 19.2 Å². The maximum atomic E-state index is 13.6. The standard InChI is InChI=1S/C48H60N8O4S2/c49-41(31-9-3-1-4-10-31)47(59)55-23-7-13-39(55)45-51-37(29-61-45)43(57)33-15-19-35(20-16-33)53-25-27-54(28-26-53)36-21-17-34(18-22-36)44(58)38-30-62-46(52-38)40-14-8-24-56(40)48(60)42(50)32-11-5-2-6-12-32/h15-22,29-32,39-42H,1-14,23-28,49-50H2/t39-,40?,41-,42-/m0/s1. The summed E-state index contributed by atoms with van der Waals surface area (Å²) in [5.41, 5.74) is 17.2. The number of thiazole rings is 2. The van der Waals surface area contributed by atoms with Gasteiger partial charge in [-0.2, -0.15) is 0 Å². The SMILES string of the molecule is N[C@H](C(=O)N1CCCC1c1nc(C(=O)c2ccc(N3CCN(c4ccc(C(=O)c5csc([C@@H]6CCCN6C(=O)[C@@H](N)C6CCCCC6)n5)cc4)CC3)cc2)cs1)C1CCCCC1. The Kier molecular flexibility index (Phi) is 13.2. The van der Waals surface area contributed by atoms with Crippen molar-refractivity contribution in [2.75, 3.05) is 49.1 Å². The van der Waals surface area contributed by atoms with Crippen molar-refractivity contribution in [1.29, 1.82) is 0 Å². The first kappa shape index (κ1) is 42.8. The lowest BCUT2D eigenvalue weighted by molar-refractivity contribution is -0.135. The van der Waals surface area contributed by atoms with Crippen LogP contribution in [-0.2, 0) is 9.59 Å². The summed E-state index contributed by atoms with van der Waals surface area (Å²) >= 11 is 2.92. The number of amides is 2. The van der Waals surface area contributed by atoms with Gasteiger partial charge < -0.3 is 31.1 Å². The fourth-order valence-electron chi connectivity index (χ4n) is 10.6. The summed E-state index contributed by atoms with van der Waals surface area (Å²) < 4.78 is 0. The maximum Gasteiger partial charge on any atom is 0.240 e. The van der Waals surface area contributed by atoms with Crippen LogP contribution in [0.5, 0.6) is 0 Å². The van der Waals surface area contributed by atoms with Crippen molar-refractivity contribution in [3.8, 4) is 0 Å².